The van der Waals surface area contributed by atoms with Gasteiger partial charge in [-0.15, -0.1) is 12.4 Å². The van der Waals surface area contributed by atoms with Crippen LogP contribution in [0.4, 0.5) is 0 Å². The molecule has 19 heavy (non-hydrogen) atoms. The number of ether oxygens (including phenoxy) is 1. The molecular formula is C15H23ClN2O. The summed E-state index contributed by atoms with van der Waals surface area (Å²) in [7, 11) is 0. The third-order valence-electron chi connectivity index (χ3n) is 4.16. The highest BCUT2D eigenvalue weighted by Crippen LogP contribution is 2.24. The lowest BCUT2D eigenvalue weighted by Crippen LogP contribution is -2.45. The van der Waals surface area contributed by atoms with Crippen molar-refractivity contribution in [3.05, 3.63) is 30.3 Å². The van der Waals surface area contributed by atoms with Crippen LogP contribution in [0.1, 0.15) is 12.8 Å². The van der Waals surface area contributed by atoms with E-state index in [1.165, 1.54) is 32.5 Å². The van der Waals surface area contributed by atoms with E-state index in [9.17, 15) is 0 Å². The summed E-state index contributed by atoms with van der Waals surface area (Å²) in [6.45, 7) is 5.53. The molecular weight excluding hydrogens is 260 g/mol. The molecule has 1 aromatic carbocycles. The van der Waals surface area contributed by atoms with Crippen LogP contribution in [-0.4, -0.2) is 43.7 Å². The highest BCUT2D eigenvalue weighted by Gasteiger charge is 2.32. The molecule has 0 spiro atoms. The maximum Gasteiger partial charge on any atom is 0.119 e. The summed E-state index contributed by atoms with van der Waals surface area (Å²) in [5.41, 5.74) is 0. The summed E-state index contributed by atoms with van der Waals surface area (Å²) < 4.78 is 5.76. The van der Waals surface area contributed by atoms with Gasteiger partial charge >= 0.3 is 0 Å². The second kappa shape index (κ2) is 7.13. The summed E-state index contributed by atoms with van der Waals surface area (Å²) in [4.78, 5) is 2.55. The Kier molecular flexibility index (Phi) is 5.49. The monoisotopic (exact) mass is 282 g/mol. The molecule has 2 aliphatic rings. The fourth-order valence-electron chi connectivity index (χ4n) is 3.14. The van der Waals surface area contributed by atoms with E-state index < -0.39 is 0 Å². The highest BCUT2D eigenvalue weighted by molar-refractivity contribution is 5.85. The number of hydrogen-bond acceptors (Lipinski definition) is 3. The van der Waals surface area contributed by atoms with Crippen molar-refractivity contribution in [3.63, 3.8) is 0 Å². The van der Waals surface area contributed by atoms with E-state index in [2.05, 4.69) is 10.2 Å². The third kappa shape index (κ3) is 3.85. The lowest BCUT2D eigenvalue weighted by molar-refractivity contribution is 0.138. The van der Waals surface area contributed by atoms with E-state index in [4.69, 9.17) is 4.74 Å². The molecule has 1 N–H and O–H groups in total. The Bertz CT molecular complexity index is 374. The second-order valence-corrected chi connectivity index (χ2v) is 5.36. The molecule has 106 valence electrons. The van der Waals surface area contributed by atoms with Crippen LogP contribution in [0.15, 0.2) is 30.3 Å². The largest absolute Gasteiger partial charge is 0.492 e. The van der Waals surface area contributed by atoms with Crippen LogP contribution in [0.2, 0.25) is 0 Å². The van der Waals surface area contributed by atoms with Gasteiger partial charge in [-0.3, -0.25) is 4.90 Å². The van der Waals surface area contributed by atoms with Crippen LogP contribution < -0.4 is 10.1 Å². The van der Waals surface area contributed by atoms with Gasteiger partial charge < -0.3 is 10.1 Å². The average Bonchev–Trinajstić information content (AvgIpc) is 2.87. The number of hydrogen-bond donors (Lipinski definition) is 1. The molecule has 0 aromatic heterocycles. The standard InChI is InChI=1S/C15H22N2O.ClH/c1-2-4-14(5-3-1)18-11-10-17-9-7-15-13(12-17)6-8-16-15;/h1-5,13,15-16H,6-12H2;1H. The van der Waals surface area contributed by atoms with Crippen LogP contribution >= 0.6 is 12.4 Å². The maximum absolute atomic E-state index is 5.76. The van der Waals surface area contributed by atoms with Crippen molar-refractivity contribution in [2.45, 2.75) is 18.9 Å². The van der Waals surface area contributed by atoms with Gasteiger partial charge in [0.15, 0.2) is 0 Å². The van der Waals surface area contributed by atoms with Gasteiger partial charge in [-0.25, -0.2) is 0 Å². The zero-order chi connectivity index (χ0) is 12.2. The van der Waals surface area contributed by atoms with Crippen LogP contribution in [0.5, 0.6) is 5.75 Å². The highest BCUT2D eigenvalue weighted by atomic mass is 35.5. The van der Waals surface area contributed by atoms with Crippen LogP contribution in [-0.2, 0) is 0 Å². The normalized spacial score (nSPS) is 26.5. The van der Waals surface area contributed by atoms with Crippen molar-refractivity contribution in [1.82, 2.24) is 10.2 Å². The van der Waals surface area contributed by atoms with Crippen molar-refractivity contribution in [2.24, 2.45) is 5.92 Å². The molecule has 0 aliphatic carbocycles. The smallest absolute Gasteiger partial charge is 0.119 e. The topological polar surface area (TPSA) is 24.5 Å². The number of benzene rings is 1. The summed E-state index contributed by atoms with van der Waals surface area (Å²) in [6.07, 6.45) is 2.65. The Hall–Kier alpha value is -0.770. The van der Waals surface area contributed by atoms with Crippen LogP contribution in [0, 0.1) is 5.92 Å². The minimum absolute atomic E-state index is 0. The zero-order valence-corrected chi connectivity index (χ0v) is 12.1. The summed E-state index contributed by atoms with van der Waals surface area (Å²) in [5, 5.41) is 3.60. The number of fused-ring (bicyclic) bond motifs is 1. The Balaban J connectivity index is 0.00000133. The van der Waals surface area contributed by atoms with E-state index in [1.807, 2.05) is 30.3 Å². The second-order valence-electron chi connectivity index (χ2n) is 5.36. The Morgan fingerprint density at radius 2 is 2.05 bits per heavy atom. The third-order valence-corrected chi connectivity index (χ3v) is 4.16. The van der Waals surface area contributed by atoms with Crippen molar-refractivity contribution < 1.29 is 4.74 Å². The van der Waals surface area contributed by atoms with E-state index in [0.717, 1.165) is 30.9 Å². The van der Waals surface area contributed by atoms with E-state index in [0.29, 0.717) is 0 Å². The van der Waals surface area contributed by atoms with Crippen LogP contribution in [0.3, 0.4) is 0 Å². The van der Waals surface area contributed by atoms with Gasteiger partial charge in [0.1, 0.15) is 12.4 Å². The van der Waals surface area contributed by atoms with Gasteiger partial charge in [-0.1, -0.05) is 18.2 Å². The van der Waals surface area contributed by atoms with E-state index in [1.54, 1.807) is 0 Å². The minimum Gasteiger partial charge on any atom is -0.492 e. The SMILES string of the molecule is Cl.c1ccc(OCCN2CCC3NCCC3C2)cc1. The van der Waals surface area contributed by atoms with Crippen LogP contribution in [0.25, 0.3) is 0 Å². The van der Waals surface area contributed by atoms with Gasteiger partial charge in [0, 0.05) is 19.1 Å². The van der Waals surface area contributed by atoms with Crippen molar-refractivity contribution >= 4 is 12.4 Å². The Morgan fingerprint density at radius 1 is 1.21 bits per heavy atom. The molecule has 1 aromatic rings. The van der Waals surface area contributed by atoms with E-state index >= 15 is 0 Å². The van der Waals surface area contributed by atoms with Gasteiger partial charge in [-0.05, 0) is 44.0 Å². The molecule has 2 heterocycles. The average molecular weight is 283 g/mol. The van der Waals surface area contributed by atoms with Crippen molar-refractivity contribution in [2.75, 3.05) is 32.8 Å². The fourth-order valence-corrected chi connectivity index (χ4v) is 3.14. The zero-order valence-electron chi connectivity index (χ0n) is 11.3. The van der Waals surface area contributed by atoms with Crippen molar-refractivity contribution in [3.8, 4) is 5.75 Å². The number of para-hydroxylation sites is 1. The molecule has 3 nitrogen and oxygen atoms in total. The summed E-state index contributed by atoms with van der Waals surface area (Å²) >= 11 is 0. The summed E-state index contributed by atoms with van der Waals surface area (Å²) in [6, 6.07) is 10.9. The number of halogens is 1. The molecule has 2 fully saturated rings. The Morgan fingerprint density at radius 3 is 2.89 bits per heavy atom. The predicted octanol–water partition coefficient (Wildman–Crippen LogP) is 2.17. The number of nitrogens with one attached hydrogen (secondary N) is 1. The van der Waals surface area contributed by atoms with Gasteiger partial charge in [-0.2, -0.15) is 0 Å². The molecule has 2 saturated heterocycles. The van der Waals surface area contributed by atoms with E-state index in [-0.39, 0.29) is 12.4 Å². The minimum atomic E-state index is 0. The Labute approximate surface area is 121 Å². The summed E-state index contributed by atoms with van der Waals surface area (Å²) in [5.74, 6) is 1.85. The van der Waals surface area contributed by atoms with Crippen molar-refractivity contribution in [1.29, 1.82) is 0 Å². The number of piperidine rings is 1. The molecule has 3 rings (SSSR count). The number of likely N-dealkylation sites (tertiary alicyclic amines) is 1. The molecule has 2 atom stereocenters. The molecule has 0 amide bonds. The van der Waals surface area contributed by atoms with Gasteiger partial charge in [0.2, 0.25) is 0 Å². The molecule has 2 unspecified atom stereocenters. The predicted molar refractivity (Wildman–Crippen MR) is 80.1 cm³/mol. The maximum atomic E-state index is 5.76. The van der Waals surface area contributed by atoms with Gasteiger partial charge in [0.05, 0.1) is 0 Å². The lowest BCUT2D eigenvalue weighted by Gasteiger charge is -2.34. The number of nitrogens with zero attached hydrogens (tertiary/aromatic N) is 1. The first-order chi connectivity index (χ1) is 8.92. The quantitative estimate of drug-likeness (QED) is 0.916. The molecule has 2 aliphatic heterocycles. The number of rotatable bonds is 4. The fraction of sp³-hybridized carbons (Fsp3) is 0.600. The first-order valence-electron chi connectivity index (χ1n) is 7.05. The van der Waals surface area contributed by atoms with Gasteiger partial charge in [0.25, 0.3) is 0 Å². The molecule has 0 radical (unpaired) electrons. The molecule has 4 heteroatoms. The lowest BCUT2D eigenvalue weighted by atomic mass is 9.93. The first kappa shape index (κ1) is 14.6. The first-order valence-corrected chi connectivity index (χ1v) is 7.05. The molecule has 0 bridgehead atoms. The molecule has 0 saturated carbocycles.